The number of rotatable bonds is 4. The fourth-order valence-electron chi connectivity index (χ4n) is 1.48. The average Bonchev–Trinajstić information content (AvgIpc) is 2.40. The van der Waals surface area contributed by atoms with Gasteiger partial charge in [-0.15, -0.1) is 0 Å². The third-order valence-corrected chi connectivity index (χ3v) is 2.57. The molecule has 0 aliphatic rings. The molecule has 1 heterocycles. The first-order chi connectivity index (χ1) is 8.69. The molecule has 2 N–H and O–H groups in total. The minimum absolute atomic E-state index is 0.0155. The number of aliphatic hydroxyl groups is 2. The number of benzene rings is 1. The molecular weight excluding hydrogens is 230 g/mol. The number of nitrogens with zero attached hydrogens (tertiary/aromatic N) is 1. The van der Waals surface area contributed by atoms with E-state index in [0.29, 0.717) is 11.6 Å². The number of ether oxygens (including phenoxy) is 1. The minimum Gasteiger partial charge on any atom is -0.439 e. The van der Waals surface area contributed by atoms with E-state index in [9.17, 15) is 5.11 Å². The predicted octanol–water partition coefficient (Wildman–Crippen LogP) is 2.42. The molecule has 1 aromatic heterocycles. The number of aliphatic hydroxyl groups excluding tert-OH is 2. The second-order valence-corrected chi connectivity index (χ2v) is 4.01. The van der Waals surface area contributed by atoms with Crippen molar-refractivity contribution in [3.63, 3.8) is 0 Å². The molecular formula is C14H15NO3. The maximum Gasteiger partial charge on any atom is 0.219 e. The Hall–Kier alpha value is -1.91. The van der Waals surface area contributed by atoms with Crippen LogP contribution in [0.3, 0.4) is 0 Å². The molecule has 1 atom stereocenters. The summed E-state index contributed by atoms with van der Waals surface area (Å²) in [4.78, 5) is 4.11. The Morgan fingerprint density at radius 2 is 1.89 bits per heavy atom. The summed E-state index contributed by atoms with van der Waals surface area (Å²) >= 11 is 0. The molecule has 0 aliphatic carbocycles. The molecule has 2 rings (SSSR count). The second kappa shape index (κ2) is 5.62. The summed E-state index contributed by atoms with van der Waals surface area (Å²) in [7, 11) is 0. The molecule has 0 fully saturated rings. The van der Waals surface area contributed by atoms with Gasteiger partial charge in [-0.1, -0.05) is 12.1 Å². The first-order valence-corrected chi connectivity index (χ1v) is 5.70. The standard InChI is InChI=1S/C14H15NO3/c1-10(17)12-4-7-14(15-8-12)18-13-5-2-11(9-16)3-6-13/h2-8,10,16-17H,9H2,1H3/t10-/m0/s1. The Bertz CT molecular complexity index is 491. The van der Waals surface area contributed by atoms with Crippen LogP contribution in [-0.2, 0) is 6.61 Å². The lowest BCUT2D eigenvalue weighted by atomic mass is 10.2. The van der Waals surface area contributed by atoms with Crippen molar-refractivity contribution < 1.29 is 14.9 Å². The zero-order chi connectivity index (χ0) is 13.0. The van der Waals surface area contributed by atoms with Crippen molar-refractivity contribution in [3.05, 3.63) is 53.7 Å². The fraction of sp³-hybridized carbons (Fsp3) is 0.214. The molecule has 1 aromatic carbocycles. The Labute approximate surface area is 106 Å². The van der Waals surface area contributed by atoms with Gasteiger partial charge in [0.25, 0.3) is 0 Å². The molecule has 0 amide bonds. The monoisotopic (exact) mass is 245 g/mol. The molecule has 0 bridgehead atoms. The van der Waals surface area contributed by atoms with E-state index in [1.165, 1.54) is 0 Å². The van der Waals surface area contributed by atoms with Gasteiger partial charge >= 0.3 is 0 Å². The zero-order valence-electron chi connectivity index (χ0n) is 10.1. The van der Waals surface area contributed by atoms with Gasteiger partial charge < -0.3 is 14.9 Å². The highest BCUT2D eigenvalue weighted by atomic mass is 16.5. The van der Waals surface area contributed by atoms with Gasteiger partial charge in [-0.05, 0) is 36.2 Å². The fourth-order valence-corrected chi connectivity index (χ4v) is 1.48. The quantitative estimate of drug-likeness (QED) is 0.868. The largest absolute Gasteiger partial charge is 0.439 e. The van der Waals surface area contributed by atoms with Gasteiger partial charge in [-0.25, -0.2) is 4.98 Å². The van der Waals surface area contributed by atoms with Crippen molar-refractivity contribution in [2.75, 3.05) is 0 Å². The van der Waals surface area contributed by atoms with Crippen LogP contribution in [0.15, 0.2) is 42.6 Å². The van der Waals surface area contributed by atoms with E-state index in [0.717, 1.165) is 11.1 Å². The highest BCUT2D eigenvalue weighted by Gasteiger charge is 2.03. The van der Waals surface area contributed by atoms with E-state index in [-0.39, 0.29) is 6.61 Å². The van der Waals surface area contributed by atoms with Gasteiger partial charge in [0.15, 0.2) is 0 Å². The van der Waals surface area contributed by atoms with Crippen LogP contribution in [-0.4, -0.2) is 15.2 Å². The number of hydrogen-bond acceptors (Lipinski definition) is 4. The van der Waals surface area contributed by atoms with Crippen molar-refractivity contribution in [2.24, 2.45) is 0 Å². The van der Waals surface area contributed by atoms with Crippen molar-refractivity contribution in [1.82, 2.24) is 4.98 Å². The van der Waals surface area contributed by atoms with Crippen LogP contribution in [0.25, 0.3) is 0 Å². The highest BCUT2D eigenvalue weighted by molar-refractivity contribution is 5.30. The van der Waals surface area contributed by atoms with Gasteiger partial charge in [0.2, 0.25) is 5.88 Å². The maximum atomic E-state index is 9.36. The summed E-state index contributed by atoms with van der Waals surface area (Å²) in [5.74, 6) is 1.13. The first-order valence-electron chi connectivity index (χ1n) is 5.70. The van der Waals surface area contributed by atoms with Gasteiger partial charge in [0.1, 0.15) is 5.75 Å². The van der Waals surface area contributed by atoms with Crippen LogP contribution in [0.5, 0.6) is 11.6 Å². The van der Waals surface area contributed by atoms with Crippen LogP contribution in [0.4, 0.5) is 0 Å². The van der Waals surface area contributed by atoms with Crippen LogP contribution in [0, 0.1) is 0 Å². The topological polar surface area (TPSA) is 62.6 Å². The normalized spacial score (nSPS) is 12.2. The Morgan fingerprint density at radius 1 is 1.17 bits per heavy atom. The average molecular weight is 245 g/mol. The summed E-state index contributed by atoms with van der Waals surface area (Å²) < 4.78 is 5.54. The molecule has 0 aliphatic heterocycles. The van der Waals surface area contributed by atoms with E-state index in [4.69, 9.17) is 9.84 Å². The van der Waals surface area contributed by atoms with E-state index in [1.807, 2.05) is 0 Å². The Kier molecular flexibility index (Phi) is 3.92. The molecule has 0 saturated heterocycles. The van der Waals surface area contributed by atoms with Crippen LogP contribution >= 0.6 is 0 Å². The van der Waals surface area contributed by atoms with Gasteiger partial charge in [0.05, 0.1) is 12.7 Å². The summed E-state index contributed by atoms with van der Waals surface area (Å²) in [6, 6.07) is 10.6. The van der Waals surface area contributed by atoms with Crippen molar-refractivity contribution >= 4 is 0 Å². The van der Waals surface area contributed by atoms with Crippen molar-refractivity contribution in [3.8, 4) is 11.6 Å². The predicted molar refractivity (Wildman–Crippen MR) is 67.3 cm³/mol. The van der Waals surface area contributed by atoms with E-state index >= 15 is 0 Å². The van der Waals surface area contributed by atoms with Gasteiger partial charge in [-0.2, -0.15) is 0 Å². The number of pyridine rings is 1. The third kappa shape index (κ3) is 3.06. The summed E-state index contributed by atoms with van der Waals surface area (Å²) in [6.45, 7) is 1.70. The molecule has 0 radical (unpaired) electrons. The van der Waals surface area contributed by atoms with Gasteiger partial charge in [-0.3, -0.25) is 0 Å². The lowest BCUT2D eigenvalue weighted by molar-refractivity contribution is 0.198. The molecule has 0 saturated carbocycles. The molecule has 4 heteroatoms. The van der Waals surface area contributed by atoms with Crippen LogP contribution in [0.1, 0.15) is 24.2 Å². The highest BCUT2D eigenvalue weighted by Crippen LogP contribution is 2.21. The van der Waals surface area contributed by atoms with E-state index in [2.05, 4.69) is 4.98 Å². The number of hydrogen-bond donors (Lipinski definition) is 2. The Balaban J connectivity index is 2.08. The molecule has 18 heavy (non-hydrogen) atoms. The van der Waals surface area contributed by atoms with E-state index < -0.39 is 6.10 Å². The summed E-state index contributed by atoms with van der Waals surface area (Å²) in [6.07, 6.45) is 1.05. The Morgan fingerprint density at radius 3 is 2.39 bits per heavy atom. The molecule has 0 spiro atoms. The zero-order valence-corrected chi connectivity index (χ0v) is 10.1. The van der Waals surface area contributed by atoms with Crippen LogP contribution in [0.2, 0.25) is 0 Å². The van der Waals surface area contributed by atoms with Gasteiger partial charge in [0, 0.05) is 12.3 Å². The van der Waals surface area contributed by atoms with Crippen molar-refractivity contribution in [1.29, 1.82) is 0 Å². The van der Waals surface area contributed by atoms with E-state index in [1.54, 1.807) is 49.5 Å². The first kappa shape index (κ1) is 12.5. The van der Waals surface area contributed by atoms with Crippen LogP contribution < -0.4 is 4.74 Å². The minimum atomic E-state index is -0.532. The SMILES string of the molecule is C[C@H](O)c1ccc(Oc2ccc(CO)cc2)nc1. The number of aromatic nitrogens is 1. The summed E-state index contributed by atoms with van der Waals surface area (Å²) in [5, 5.41) is 18.3. The molecule has 0 unspecified atom stereocenters. The molecule has 2 aromatic rings. The lowest BCUT2D eigenvalue weighted by Gasteiger charge is -2.07. The second-order valence-electron chi connectivity index (χ2n) is 4.01. The lowest BCUT2D eigenvalue weighted by Crippen LogP contribution is -1.93. The third-order valence-electron chi connectivity index (χ3n) is 2.57. The maximum absolute atomic E-state index is 9.36. The smallest absolute Gasteiger partial charge is 0.219 e. The molecule has 94 valence electrons. The molecule has 4 nitrogen and oxygen atoms in total. The van der Waals surface area contributed by atoms with Crippen molar-refractivity contribution in [2.45, 2.75) is 19.6 Å². The summed E-state index contributed by atoms with van der Waals surface area (Å²) in [5.41, 5.74) is 1.58.